The fourth-order valence-corrected chi connectivity index (χ4v) is 2.07. The molecule has 2 rings (SSSR count). The Balaban J connectivity index is 2.51. The van der Waals surface area contributed by atoms with Crippen molar-refractivity contribution in [2.24, 2.45) is 0 Å². The molecule has 1 saturated heterocycles. The lowest BCUT2D eigenvalue weighted by Gasteiger charge is -2.46. The van der Waals surface area contributed by atoms with Gasteiger partial charge in [-0.3, -0.25) is 0 Å². The van der Waals surface area contributed by atoms with E-state index >= 15 is 0 Å². The second kappa shape index (κ2) is 4.19. The zero-order valence-corrected chi connectivity index (χ0v) is 10.3. The third kappa shape index (κ3) is 1.94. The van der Waals surface area contributed by atoms with Crippen LogP contribution in [0.1, 0.15) is 6.92 Å². The lowest BCUT2D eigenvalue weighted by atomic mass is 10.0. The number of fused-ring (bicyclic) bond motifs is 1. The largest absolute Gasteiger partial charge is 0.382 e. The van der Waals surface area contributed by atoms with E-state index in [9.17, 15) is 5.11 Å². The first-order valence-corrected chi connectivity index (χ1v) is 5.51. The minimum atomic E-state index is -1.17. The van der Waals surface area contributed by atoms with Gasteiger partial charge in [0.05, 0.1) is 18.8 Å². The Kier molecular flexibility index (Phi) is 3.14. The van der Waals surface area contributed by atoms with E-state index in [1.54, 1.807) is 31.2 Å². The van der Waals surface area contributed by atoms with E-state index in [0.717, 1.165) is 0 Å². The van der Waals surface area contributed by atoms with Gasteiger partial charge in [0, 0.05) is 14.2 Å². The Labute approximate surface area is 101 Å². The summed E-state index contributed by atoms with van der Waals surface area (Å²) < 4.78 is 22.2. The molecule has 96 valence electrons. The van der Waals surface area contributed by atoms with E-state index in [-0.39, 0.29) is 0 Å². The van der Waals surface area contributed by atoms with Crippen molar-refractivity contribution in [3.8, 4) is 0 Å². The van der Waals surface area contributed by atoms with Gasteiger partial charge in [0.25, 0.3) is 0 Å². The van der Waals surface area contributed by atoms with E-state index < -0.39 is 17.2 Å². The molecular formula is C12H18O5. The van der Waals surface area contributed by atoms with Crippen molar-refractivity contribution in [3.05, 3.63) is 24.3 Å². The zero-order valence-electron chi connectivity index (χ0n) is 10.3. The second-order valence-corrected chi connectivity index (χ2v) is 4.33. The molecule has 0 radical (unpaired) electrons. The average molecular weight is 242 g/mol. The molecule has 0 spiro atoms. The van der Waals surface area contributed by atoms with Gasteiger partial charge in [-0.15, -0.1) is 0 Å². The predicted molar refractivity (Wildman–Crippen MR) is 60.3 cm³/mol. The summed E-state index contributed by atoms with van der Waals surface area (Å²) in [6, 6.07) is 0. The summed E-state index contributed by atoms with van der Waals surface area (Å²) in [5, 5.41) is 10.0. The SMILES string of the molecule is CO[C@@]12C=CC(C)(O)C=C[C@@]1(OC)OCCO2. The normalized spacial score (nSPS) is 39.8. The molecule has 2 atom stereocenters. The first-order valence-electron chi connectivity index (χ1n) is 5.51. The number of hydrogen-bond acceptors (Lipinski definition) is 5. The standard InChI is InChI=1S/C12H18O5/c1-10(13)4-6-11(14-2)12(15-3,7-5-10)17-9-8-16-11/h4-7,13H,8-9H2,1-3H3/t11-,12-/m1/s1. The number of hydrogen-bond donors (Lipinski definition) is 1. The molecule has 0 aromatic heterocycles. The summed E-state index contributed by atoms with van der Waals surface area (Å²) >= 11 is 0. The minimum Gasteiger partial charge on any atom is -0.382 e. The number of methoxy groups -OCH3 is 2. The molecule has 0 bridgehead atoms. The fraction of sp³-hybridized carbons (Fsp3) is 0.667. The van der Waals surface area contributed by atoms with Crippen LogP contribution in [0.4, 0.5) is 0 Å². The highest BCUT2D eigenvalue weighted by atomic mass is 16.8. The Morgan fingerprint density at radius 3 is 1.71 bits per heavy atom. The molecule has 1 heterocycles. The Morgan fingerprint density at radius 1 is 0.941 bits per heavy atom. The maximum atomic E-state index is 10.0. The molecule has 0 unspecified atom stereocenters. The topological polar surface area (TPSA) is 57.2 Å². The van der Waals surface area contributed by atoms with Gasteiger partial charge >= 0.3 is 0 Å². The third-order valence-electron chi connectivity index (χ3n) is 3.09. The van der Waals surface area contributed by atoms with Crippen molar-refractivity contribution in [2.45, 2.75) is 24.1 Å². The van der Waals surface area contributed by atoms with Crippen molar-refractivity contribution >= 4 is 0 Å². The average Bonchev–Trinajstić information content (AvgIpc) is 2.46. The lowest BCUT2D eigenvalue weighted by Crippen LogP contribution is -2.61. The maximum absolute atomic E-state index is 10.0. The van der Waals surface area contributed by atoms with Crippen LogP contribution in [0.3, 0.4) is 0 Å². The highest BCUT2D eigenvalue weighted by Crippen LogP contribution is 2.40. The van der Waals surface area contributed by atoms with Gasteiger partial charge < -0.3 is 24.1 Å². The van der Waals surface area contributed by atoms with Crippen LogP contribution in [0.2, 0.25) is 0 Å². The highest BCUT2D eigenvalue weighted by Gasteiger charge is 2.56. The Bertz CT molecular complexity index is 317. The Hall–Kier alpha value is -0.720. The molecule has 0 aromatic carbocycles. The van der Waals surface area contributed by atoms with Crippen LogP contribution in [0.25, 0.3) is 0 Å². The van der Waals surface area contributed by atoms with E-state index in [4.69, 9.17) is 18.9 Å². The molecule has 5 nitrogen and oxygen atoms in total. The van der Waals surface area contributed by atoms with E-state index in [0.29, 0.717) is 13.2 Å². The molecular weight excluding hydrogens is 224 g/mol. The summed E-state index contributed by atoms with van der Waals surface area (Å²) in [4.78, 5) is 0. The summed E-state index contributed by atoms with van der Waals surface area (Å²) in [7, 11) is 3.03. The molecule has 1 N–H and O–H groups in total. The number of aliphatic hydroxyl groups is 1. The zero-order chi connectivity index (χ0) is 12.6. The Morgan fingerprint density at radius 2 is 1.35 bits per heavy atom. The smallest absolute Gasteiger partial charge is 0.248 e. The number of ether oxygens (including phenoxy) is 4. The van der Waals surface area contributed by atoms with Crippen molar-refractivity contribution in [2.75, 3.05) is 27.4 Å². The quantitative estimate of drug-likeness (QED) is 0.718. The van der Waals surface area contributed by atoms with Crippen molar-refractivity contribution < 1.29 is 24.1 Å². The molecule has 0 saturated carbocycles. The van der Waals surface area contributed by atoms with E-state index in [2.05, 4.69) is 0 Å². The van der Waals surface area contributed by atoms with Gasteiger partial charge in [0.15, 0.2) is 0 Å². The van der Waals surface area contributed by atoms with Gasteiger partial charge in [-0.25, -0.2) is 0 Å². The summed E-state index contributed by atoms with van der Waals surface area (Å²) in [5.74, 6) is -2.34. The van der Waals surface area contributed by atoms with Crippen LogP contribution in [-0.2, 0) is 18.9 Å². The van der Waals surface area contributed by atoms with Crippen LogP contribution in [0.15, 0.2) is 24.3 Å². The van der Waals surface area contributed by atoms with Gasteiger partial charge in [0.1, 0.15) is 0 Å². The number of rotatable bonds is 2. The van der Waals surface area contributed by atoms with Crippen LogP contribution >= 0.6 is 0 Å². The minimum absolute atomic E-state index is 0.402. The molecule has 17 heavy (non-hydrogen) atoms. The first kappa shape index (κ1) is 12.7. The maximum Gasteiger partial charge on any atom is 0.248 e. The molecule has 1 aliphatic carbocycles. The van der Waals surface area contributed by atoms with Crippen molar-refractivity contribution in [1.82, 2.24) is 0 Å². The molecule has 2 aliphatic rings. The van der Waals surface area contributed by atoms with E-state index in [1.165, 1.54) is 14.2 Å². The third-order valence-corrected chi connectivity index (χ3v) is 3.09. The lowest BCUT2D eigenvalue weighted by molar-refractivity contribution is -0.389. The summed E-state index contributed by atoms with van der Waals surface area (Å²) in [6.45, 7) is 2.46. The van der Waals surface area contributed by atoms with Gasteiger partial charge in [-0.2, -0.15) is 0 Å². The van der Waals surface area contributed by atoms with Crippen LogP contribution in [0, 0.1) is 0 Å². The van der Waals surface area contributed by atoms with Gasteiger partial charge in [-0.1, -0.05) is 0 Å². The van der Waals surface area contributed by atoms with Gasteiger partial charge in [-0.05, 0) is 31.2 Å². The molecule has 1 aliphatic heterocycles. The summed E-state index contributed by atoms with van der Waals surface area (Å²) in [6.07, 6.45) is 6.47. The molecule has 0 amide bonds. The van der Waals surface area contributed by atoms with Crippen LogP contribution in [0.5, 0.6) is 0 Å². The van der Waals surface area contributed by atoms with E-state index in [1.807, 2.05) is 0 Å². The summed E-state index contributed by atoms with van der Waals surface area (Å²) in [5.41, 5.74) is -1.08. The molecule has 1 fully saturated rings. The first-order chi connectivity index (χ1) is 7.99. The second-order valence-electron chi connectivity index (χ2n) is 4.33. The van der Waals surface area contributed by atoms with Crippen molar-refractivity contribution in [3.63, 3.8) is 0 Å². The predicted octanol–water partition coefficient (Wildman–Crippen LogP) is 0.596. The molecule has 5 heteroatoms. The van der Waals surface area contributed by atoms with Gasteiger partial charge in [0.2, 0.25) is 11.6 Å². The molecule has 0 aromatic rings. The van der Waals surface area contributed by atoms with Crippen LogP contribution < -0.4 is 0 Å². The monoisotopic (exact) mass is 242 g/mol. The van der Waals surface area contributed by atoms with Crippen molar-refractivity contribution in [1.29, 1.82) is 0 Å². The fourth-order valence-electron chi connectivity index (χ4n) is 2.07. The van der Waals surface area contributed by atoms with Crippen LogP contribution in [-0.4, -0.2) is 49.7 Å². The highest BCUT2D eigenvalue weighted by molar-refractivity contribution is 5.26.